The van der Waals surface area contributed by atoms with Crippen LogP contribution >= 0.6 is 11.3 Å². The Hall–Kier alpha value is -1.14. The van der Waals surface area contributed by atoms with Gasteiger partial charge >= 0.3 is 6.03 Å². The zero-order chi connectivity index (χ0) is 16.4. The van der Waals surface area contributed by atoms with Gasteiger partial charge in [-0.05, 0) is 58.7 Å². The molecule has 2 aliphatic rings. The highest BCUT2D eigenvalue weighted by atomic mass is 32.1. The van der Waals surface area contributed by atoms with Crippen LogP contribution in [0, 0.1) is 5.92 Å². The number of nitrogens with one attached hydrogen (secondary N) is 1. The molecule has 23 heavy (non-hydrogen) atoms. The lowest BCUT2D eigenvalue weighted by Gasteiger charge is -2.32. The number of nitrogens with zero attached hydrogens (tertiary/aromatic N) is 3. The third kappa shape index (κ3) is 4.44. The molecule has 1 unspecified atom stereocenters. The summed E-state index contributed by atoms with van der Waals surface area (Å²) in [6.45, 7) is 5.14. The molecule has 0 radical (unpaired) electrons. The average Bonchev–Trinajstić information content (AvgIpc) is 3.26. The first kappa shape index (κ1) is 16.7. The van der Waals surface area contributed by atoms with Gasteiger partial charge in [0.1, 0.15) is 0 Å². The Morgan fingerprint density at radius 3 is 2.78 bits per heavy atom. The number of urea groups is 1. The predicted molar refractivity (Wildman–Crippen MR) is 93.9 cm³/mol. The number of carbonyl (C=O) groups excluding carboxylic acids is 1. The molecule has 1 saturated heterocycles. The van der Waals surface area contributed by atoms with Gasteiger partial charge in [0.2, 0.25) is 0 Å². The number of thiazole rings is 1. The van der Waals surface area contributed by atoms with Gasteiger partial charge in [0.15, 0.2) is 0 Å². The molecule has 1 aromatic rings. The van der Waals surface area contributed by atoms with Crippen LogP contribution < -0.4 is 5.32 Å². The van der Waals surface area contributed by atoms with Crippen molar-refractivity contribution in [1.82, 2.24) is 20.1 Å². The number of aromatic nitrogens is 1. The van der Waals surface area contributed by atoms with E-state index in [-0.39, 0.29) is 12.1 Å². The summed E-state index contributed by atoms with van der Waals surface area (Å²) in [4.78, 5) is 21.3. The summed E-state index contributed by atoms with van der Waals surface area (Å²) in [6.07, 6.45) is 4.90. The van der Waals surface area contributed by atoms with Gasteiger partial charge in [-0.2, -0.15) is 0 Å². The highest BCUT2D eigenvalue weighted by Crippen LogP contribution is 2.41. The summed E-state index contributed by atoms with van der Waals surface area (Å²) < 4.78 is 0. The van der Waals surface area contributed by atoms with Gasteiger partial charge in [0.25, 0.3) is 0 Å². The number of hydrogen-bond donors (Lipinski definition) is 1. The first-order valence-corrected chi connectivity index (χ1v) is 9.56. The molecular formula is C17H28N4OS. The number of rotatable bonds is 5. The number of amides is 2. The lowest BCUT2D eigenvalue weighted by molar-refractivity contribution is 0.168. The summed E-state index contributed by atoms with van der Waals surface area (Å²) in [6, 6.07) is -0.0106. The van der Waals surface area contributed by atoms with E-state index >= 15 is 0 Å². The van der Waals surface area contributed by atoms with Crippen molar-refractivity contribution in [1.29, 1.82) is 0 Å². The van der Waals surface area contributed by atoms with E-state index in [1.54, 1.807) is 11.3 Å². The van der Waals surface area contributed by atoms with Crippen molar-refractivity contribution >= 4 is 17.4 Å². The summed E-state index contributed by atoms with van der Waals surface area (Å²) in [5, 5.41) is 6.42. The highest BCUT2D eigenvalue weighted by Gasteiger charge is 2.27. The summed E-state index contributed by atoms with van der Waals surface area (Å²) in [5.41, 5.74) is 0.998. The molecule has 1 saturated carbocycles. The van der Waals surface area contributed by atoms with Crippen molar-refractivity contribution in [2.45, 2.75) is 44.6 Å². The number of likely N-dealkylation sites (tertiary alicyclic amines) is 1. The van der Waals surface area contributed by atoms with E-state index in [1.807, 2.05) is 18.9 Å². The Kier molecular flexibility index (Phi) is 5.21. The van der Waals surface area contributed by atoms with Crippen LogP contribution in [0.3, 0.4) is 0 Å². The smallest absolute Gasteiger partial charge is 0.317 e. The van der Waals surface area contributed by atoms with Gasteiger partial charge in [0, 0.05) is 24.9 Å². The molecule has 0 spiro atoms. The van der Waals surface area contributed by atoms with Crippen LogP contribution in [0.15, 0.2) is 5.38 Å². The molecule has 5 nitrogen and oxygen atoms in total. The van der Waals surface area contributed by atoms with E-state index in [0.29, 0.717) is 11.8 Å². The highest BCUT2D eigenvalue weighted by molar-refractivity contribution is 7.09. The standard InChI is InChI=1S/C17H28N4OS/c1-12(15-11-23-16(19-15)14-4-5-14)18-17(22)21(3)10-13-6-8-20(2)9-7-13/h11-14H,4-10H2,1-3H3,(H,18,22). The lowest BCUT2D eigenvalue weighted by Crippen LogP contribution is -2.43. The third-order valence-corrected chi connectivity index (χ3v) is 5.99. The van der Waals surface area contributed by atoms with Crippen LogP contribution in [0.1, 0.15) is 55.3 Å². The van der Waals surface area contributed by atoms with E-state index in [4.69, 9.17) is 0 Å². The quantitative estimate of drug-likeness (QED) is 0.899. The fraction of sp³-hybridized carbons (Fsp3) is 0.765. The molecule has 1 N–H and O–H groups in total. The van der Waals surface area contributed by atoms with Gasteiger partial charge < -0.3 is 15.1 Å². The predicted octanol–water partition coefficient (Wildman–Crippen LogP) is 3.06. The van der Waals surface area contributed by atoms with Crippen molar-refractivity contribution < 1.29 is 4.79 Å². The zero-order valence-electron chi connectivity index (χ0n) is 14.4. The van der Waals surface area contributed by atoms with E-state index < -0.39 is 0 Å². The number of hydrogen-bond acceptors (Lipinski definition) is 4. The van der Waals surface area contributed by atoms with E-state index in [9.17, 15) is 4.79 Å². The van der Waals surface area contributed by atoms with Gasteiger partial charge in [-0.25, -0.2) is 9.78 Å². The number of carbonyl (C=O) groups is 1. The third-order valence-electron chi connectivity index (χ3n) is 4.97. The molecule has 1 atom stereocenters. The summed E-state index contributed by atoms with van der Waals surface area (Å²) in [7, 11) is 4.06. The Bertz CT molecular complexity index is 534. The second kappa shape index (κ2) is 7.18. The summed E-state index contributed by atoms with van der Waals surface area (Å²) in [5.74, 6) is 1.31. The minimum atomic E-state index is -0.0220. The topological polar surface area (TPSA) is 48.5 Å². The Morgan fingerprint density at radius 2 is 2.13 bits per heavy atom. The minimum absolute atomic E-state index is 0.0115. The lowest BCUT2D eigenvalue weighted by atomic mass is 9.97. The van der Waals surface area contributed by atoms with Crippen molar-refractivity contribution in [3.63, 3.8) is 0 Å². The van der Waals surface area contributed by atoms with Crippen LogP contribution in [0.5, 0.6) is 0 Å². The molecule has 0 aromatic carbocycles. The van der Waals surface area contributed by atoms with E-state index in [0.717, 1.165) is 25.3 Å². The Labute approximate surface area is 143 Å². The molecule has 2 amide bonds. The molecular weight excluding hydrogens is 308 g/mol. The fourth-order valence-electron chi connectivity index (χ4n) is 3.10. The largest absolute Gasteiger partial charge is 0.330 e. The van der Waals surface area contributed by atoms with Gasteiger partial charge in [0.05, 0.1) is 16.7 Å². The Morgan fingerprint density at radius 1 is 1.43 bits per heavy atom. The normalized spacial score (nSPS) is 21.2. The second-order valence-corrected chi connectivity index (χ2v) is 8.07. The molecule has 1 aliphatic carbocycles. The average molecular weight is 337 g/mol. The molecule has 2 fully saturated rings. The monoisotopic (exact) mass is 336 g/mol. The first-order chi connectivity index (χ1) is 11.0. The number of piperidine rings is 1. The van der Waals surface area contributed by atoms with Crippen molar-refractivity contribution in [2.24, 2.45) is 5.92 Å². The maximum atomic E-state index is 12.4. The molecule has 2 heterocycles. The van der Waals surface area contributed by atoms with Crippen LogP contribution in [0.2, 0.25) is 0 Å². The molecule has 6 heteroatoms. The second-order valence-electron chi connectivity index (χ2n) is 7.18. The van der Waals surface area contributed by atoms with E-state index in [1.165, 1.54) is 30.7 Å². The maximum Gasteiger partial charge on any atom is 0.317 e. The maximum absolute atomic E-state index is 12.4. The van der Waals surface area contributed by atoms with Gasteiger partial charge in [-0.1, -0.05) is 0 Å². The fourth-order valence-corrected chi connectivity index (χ4v) is 4.19. The Balaban J connectivity index is 1.46. The van der Waals surface area contributed by atoms with Crippen LogP contribution in [-0.2, 0) is 0 Å². The van der Waals surface area contributed by atoms with Crippen molar-refractivity contribution in [3.8, 4) is 0 Å². The zero-order valence-corrected chi connectivity index (χ0v) is 15.2. The van der Waals surface area contributed by atoms with Crippen LogP contribution in [0.4, 0.5) is 4.79 Å². The van der Waals surface area contributed by atoms with E-state index in [2.05, 4.69) is 27.6 Å². The van der Waals surface area contributed by atoms with Crippen LogP contribution in [0.25, 0.3) is 0 Å². The van der Waals surface area contributed by atoms with Crippen molar-refractivity contribution in [3.05, 3.63) is 16.1 Å². The van der Waals surface area contributed by atoms with Crippen LogP contribution in [-0.4, -0.2) is 54.5 Å². The SMILES string of the molecule is CC(NC(=O)N(C)CC1CCN(C)CC1)c1csc(C2CC2)n1. The van der Waals surface area contributed by atoms with Crippen molar-refractivity contribution in [2.75, 3.05) is 33.7 Å². The molecule has 3 rings (SSSR count). The molecule has 0 bridgehead atoms. The summed E-state index contributed by atoms with van der Waals surface area (Å²) >= 11 is 1.73. The van der Waals surface area contributed by atoms with Gasteiger partial charge in [-0.15, -0.1) is 11.3 Å². The first-order valence-electron chi connectivity index (χ1n) is 8.68. The molecule has 128 valence electrons. The van der Waals surface area contributed by atoms with Gasteiger partial charge in [-0.3, -0.25) is 0 Å². The molecule has 1 aliphatic heterocycles. The minimum Gasteiger partial charge on any atom is -0.330 e. The molecule has 1 aromatic heterocycles.